The summed E-state index contributed by atoms with van der Waals surface area (Å²) < 4.78 is 26.1. The first-order valence-electron chi connectivity index (χ1n) is 7.80. The third-order valence-electron chi connectivity index (χ3n) is 4.33. The van der Waals surface area contributed by atoms with E-state index in [1.807, 2.05) is 0 Å². The summed E-state index contributed by atoms with van der Waals surface area (Å²) in [6.45, 7) is 1.78. The average Bonchev–Trinajstić information content (AvgIpc) is 2.49. The van der Waals surface area contributed by atoms with Gasteiger partial charge in [0.05, 0.1) is 6.04 Å². The van der Waals surface area contributed by atoms with Gasteiger partial charge in [0.1, 0.15) is 0 Å². The van der Waals surface area contributed by atoms with Gasteiger partial charge in [-0.05, 0) is 37.0 Å². The molecule has 1 aliphatic carbocycles. The van der Waals surface area contributed by atoms with E-state index >= 15 is 0 Å². The fourth-order valence-corrected chi connectivity index (χ4v) is 2.99. The molecule has 0 spiro atoms. The van der Waals surface area contributed by atoms with Crippen LogP contribution in [0.25, 0.3) is 0 Å². The van der Waals surface area contributed by atoms with E-state index in [9.17, 15) is 13.6 Å². The topological polar surface area (TPSA) is 29.1 Å². The standard InChI is InChI=1S/C17H23F2NO/c1-12(14-8-9-15(18)16(19)11-14)20-17(21)10-7-13-5-3-2-4-6-13/h8-9,11-13H,2-7,10H2,1H3,(H,20,21). The maximum atomic E-state index is 13.2. The maximum Gasteiger partial charge on any atom is 0.220 e. The van der Waals surface area contributed by atoms with Crippen LogP contribution in [0, 0.1) is 17.6 Å². The molecular weight excluding hydrogens is 272 g/mol. The van der Waals surface area contributed by atoms with E-state index in [0.29, 0.717) is 17.9 Å². The fourth-order valence-electron chi connectivity index (χ4n) is 2.99. The van der Waals surface area contributed by atoms with Crippen LogP contribution >= 0.6 is 0 Å². The zero-order valence-electron chi connectivity index (χ0n) is 12.5. The Morgan fingerprint density at radius 3 is 2.62 bits per heavy atom. The van der Waals surface area contributed by atoms with Crippen LogP contribution in [0.3, 0.4) is 0 Å². The molecule has 1 aromatic carbocycles. The van der Waals surface area contributed by atoms with Crippen molar-refractivity contribution in [2.75, 3.05) is 0 Å². The van der Waals surface area contributed by atoms with Crippen LogP contribution in [-0.2, 0) is 4.79 Å². The Labute approximate surface area is 124 Å². The van der Waals surface area contributed by atoms with Crippen LogP contribution in [-0.4, -0.2) is 5.91 Å². The summed E-state index contributed by atoms with van der Waals surface area (Å²) in [4.78, 5) is 11.9. The molecule has 2 rings (SSSR count). The van der Waals surface area contributed by atoms with Gasteiger partial charge in [0, 0.05) is 6.42 Å². The Kier molecular flexibility index (Phi) is 5.71. The highest BCUT2D eigenvalue weighted by molar-refractivity contribution is 5.76. The first-order valence-corrected chi connectivity index (χ1v) is 7.80. The lowest BCUT2D eigenvalue weighted by atomic mass is 9.86. The SMILES string of the molecule is CC(NC(=O)CCC1CCCCC1)c1ccc(F)c(F)c1. The normalized spacial score (nSPS) is 17.5. The van der Waals surface area contributed by atoms with E-state index in [4.69, 9.17) is 0 Å². The Balaban J connectivity index is 1.79. The van der Waals surface area contributed by atoms with Gasteiger partial charge in [-0.25, -0.2) is 8.78 Å². The van der Waals surface area contributed by atoms with Crippen molar-refractivity contribution in [2.24, 2.45) is 5.92 Å². The number of hydrogen-bond donors (Lipinski definition) is 1. The molecule has 0 aliphatic heterocycles. The van der Waals surface area contributed by atoms with E-state index in [1.54, 1.807) is 6.92 Å². The number of benzene rings is 1. The van der Waals surface area contributed by atoms with Gasteiger partial charge in [-0.1, -0.05) is 38.2 Å². The molecule has 116 valence electrons. The second-order valence-corrected chi connectivity index (χ2v) is 6.01. The molecule has 1 fully saturated rings. The largest absolute Gasteiger partial charge is 0.350 e. The van der Waals surface area contributed by atoms with Crippen molar-refractivity contribution < 1.29 is 13.6 Å². The van der Waals surface area contributed by atoms with Crippen LogP contribution in [0.15, 0.2) is 18.2 Å². The van der Waals surface area contributed by atoms with E-state index in [0.717, 1.165) is 18.6 Å². The molecule has 0 bridgehead atoms. The van der Waals surface area contributed by atoms with Crippen LogP contribution in [0.2, 0.25) is 0 Å². The lowest BCUT2D eigenvalue weighted by Gasteiger charge is -2.21. The van der Waals surface area contributed by atoms with Gasteiger partial charge in [0.15, 0.2) is 11.6 Å². The maximum absolute atomic E-state index is 13.2. The Hall–Kier alpha value is -1.45. The van der Waals surface area contributed by atoms with Gasteiger partial charge >= 0.3 is 0 Å². The monoisotopic (exact) mass is 295 g/mol. The van der Waals surface area contributed by atoms with Crippen molar-refractivity contribution in [1.29, 1.82) is 0 Å². The summed E-state index contributed by atoms with van der Waals surface area (Å²) in [5.74, 6) is -1.09. The smallest absolute Gasteiger partial charge is 0.220 e. The fraction of sp³-hybridized carbons (Fsp3) is 0.588. The lowest BCUT2D eigenvalue weighted by molar-refractivity contribution is -0.122. The van der Waals surface area contributed by atoms with E-state index in [-0.39, 0.29) is 11.9 Å². The Bertz CT molecular complexity index is 484. The lowest BCUT2D eigenvalue weighted by Crippen LogP contribution is -2.27. The minimum Gasteiger partial charge on any atom is -0.350 e. The molecular formula is C17H23F2NO. The number of halogens is 2. The summed E-state index contributed by atoms with van der Waals surface area (Å²) in [6, 6.07) is 3.43. The van der Waals surface area contributed by atoms with Crippen molar-refractivity contribution in [3.05, 3.63) is 35.4 Å². The van der Waals surface area contributed by atoms with Crippen molar-refractivity contribution in [3.63, 3.8) is 0 Å². The molecule has 1 N–H and O–H groups in total. The van der Waals surface area contributed by atoms with Crippen molar-refractivity contribution in [2.45, 2.75) is 57.9 Å². The van der Waals surface area contributed by atoms with Crippen LogP contribution in [0.4, 0.5) is 8.78 Å². The predicted octanol–water partition coefficient (Wildman–Crippen LogP) is 4.50. The van der Waals surface area contributed by atoms with Gasteiger partial charge in [0.2, 0.25) is 5.91 Å². The minimum atomic E-state index is -0.879. The molecule has 0 heterocycles. The number of nitrogens with one attached hydrogen (secondary N) is 1. The van der Waals surface area contributed by atoms with Crippen molar-refractivity contribution in [3.8, 4) is 0 Å². The highest BCUT2D eigenvalue weighted by Gasteiger charge is 2.16. The van der Waals surface area contributed by atoms with Gasteiger partial charge in [-0.2, -0.15) is 0 Å². The van der Waals surface area contributed by atoms with E-state index in [1.165, 1.54) is 38.2 Å². The number of carbonyl (C=O) groups is 1. The van der Waals surface area contributed by atoms with Crippen molar-refractivity contribution >= 4 is 5.91 Å². The van der Waals surface area contributed by atoms with E-state index < -0.39 is 11.6 Å². The van der Waals surface area contributed by atoms with Gasteiger partial charge < -0.3 is 5.32 Å². The Morgan fingerprint density at radius 2 is 1.95 bits per heavy atom. The van der Waals surface area contributed by atoms with Crippen LogP contribution in [0.5, 0.6) is 0 Å². The number of carbonyl (C=O) groups excluding carboxylic acids is 1. The third kappa shape index (κ3) is 4.80. The molecule has 0 radical (unpaired) electrons. The highest BCUT2D eigenvalue weighted by Crippen LogP contribution is 2.27. The number of rotatable bonds is 5. The quantitative estimate of drug-likeness (QED) is 0.851. The van der Waals surface area contributed by atoms with Crippen LogP contribution < -0.4 is 5.32 Å². The second-order valence-electron chi connectivity index (χ2n) is 6.01. The van der Waals surface area contributed by atoms with Crippen LogP contribution in [0.1, 0.15) is 63.5 Å². The Morgan fingerprint density at radius 1 is 1.24 bits per heavy atom. The molecule has 1 aromatic rings. The molecule has 1 saturated carbocycles. The minimum absolute atomic E-state index is 0.0159. The second kappa shape index (κ2) is 7.53. The molecule has 1 amide bonds. The molecule has 1 unspecified atom stereocenters. The van der Waals surface area contributed by atoms with E-state index in [2.05, 4.69) is 5.32 Å². The van der Waals surface area contributed by atoms with Gasteiger partial charge in [-0.3, -0.25) is 4.79 Å². The molecule has 2 nitrogen and oxygen atoms in total. The average molecular weight is 295 g/mol. The molecule has 0 saturated heterocycles. The van der Waals surface area contributed by atoms with Gasteiger partial charge in [-0.15, -0.1) is 0 Å². The summed E-state index contributed by atoms with van der Waals surface area (Å²) >= 11 is 0. The zero-order valence-corrected chi connectivity index (χ0v) is 12.5. The summed E-state index contributed by atoms with van der Waals surface area (Å²) in [5, 5.41) is 2.85. The first-order chi connectivity index (χ1) is 10.1. The number of hydrogen-bond acceptors (Lipinski definition) is 1. The summed E-state index contributed by atoms with van der Waals surface area (Å²) in [5.41, 5.74) is 0.583. The number of amides is 1. The summed E-state index contributed by atoms with van der Waals surface area (Å²) in [6.07, 6.45) is 7.76. The predicted molar refractivity (Wildman–Crippen MR) is 78.7 cm³/mol. The molecule has 0 aromatic heterocycles. The molecule has 21 heavy (non-hydrogen) atoms. The first kappa shape index (κ1) is 15.9. The molecule has 1 atom stereocenters. The molecule has 1 aliphatic rings. The van der Waals surface area contributed by atoms with Gasteiger partial charge in [0.25, 0.3) is 0 Å². The zero-order chi connectivity index (χ0) is 15.2. The molecule has 4 heteroatoms. The van der Waals surface area contributed by atoms with Crippen molar-refractivity contribution in [1.82, 2.24) is 5.32 Å². The third-order valence-corrected chi connectivity index (χ3v) is 4.33. The summed E-state index contributed by atoms with van der Waals surface area (Å²) in [7, 11) is 0. The highest BCUT2D eigenvalue weighted by atomic mass is 19.2.